The molecule has 1 atom stereocenters. The Balaban J connectivity index is 1.83. The van der Waals surface area contributed by atoms with Crippen molar-refractivity contribution >= 4 is 0 Å². The van der Waals surface area contributed by atoms with Gasteiger partial charge in [0.2, 0.25) is 0 Å². The van der Waals surface area contributed by atoms with Gasteiger partial charge in [0.1, 0.15) is 6.10 Å². The summed E-state index contributed by atoms with van der Waals surface area (Å²) in [5.41, 5.74) is 2.86. The zero-order chi connectivity index (χ0) is 13.1. The quantitative estimate of drug-likeness (QED) is 0.852. The highest BCUT2D eigenvalue weighted by molar-refractivity contribution is 5.31. The minimum Gasteiger partial charge on any atom is -0.382 e. The largest absolute Gasteiger partial charge is 0.382 e. The number of aromatic nitrogens is 2. The third-order valence-corrected chi connectivity index (χ3v) is 3.59. The molecule has 1 aliphatic rings. The number of para-hydroxylation sites is 1. The van der Waals surface area contributed by atoms with Crippen LogP contribution >= 0.6 is 0 Å². The van der Waals surface area contributed by atoms with Crippen LogP contribution in [0.2, 0.25) is 0 Å². The molecule has 1 unspecified atom stereocenters. The molecule has 1 aliphatic carbocycles. The summed E-state index contributed by atoms with van der Waals surface area (Å²) in [7, 11) is 0. The second-order valence-electron chi connectivity index (χ2n) is 4.95. The van der Waals surface area contributed by atoms with Gasteiger partial charge in [-0.1, -0.05) is 24.3 Å². The zero-order valence-electron chi connectivity index (χ0n) is 10.9. The molecule has 0 saturated carbocycles. The van der Waals surface area contributed by atoms with E-state index in [0.717, 1.165) is 29.8 Å². The Morgan fingerprint density at radius 1 is 1.11 bits per heavy atom. The first-order valence-electron chi connectivity index (χ1n) is 6.82. The fourth-order valence-electron chi connectivity index (χ4n) is 2.51. The summed E-state index contributed by atoms with van der Waals surface area (Å²) in [6.45, 7) is 0. The molecule has 0 bridgehead atoms. The van der Waals surface area contributed by atoms with Crippen molar-refractivity contribution in [3.63, 3.8) is 0 Å². The number of rotatable bonds is 3. The number of hydrogen-bond acceptors (Lipinski definition) is 2. The number of allylic oxidation sites excluding steroid dienone is 1. The lowest BCUT2D eigenvalue weighted by atomic mass is 9.94. The van der Waals surface area contributed by atoms with Crippen molar-refractivity contribution in [1.29, 1.82) is 0 Å². The molecule has 98 valence electrons. The Kier molecular flexibility index (Phi) is 3.47. The number of benzene rings is 1. The highest BCUT2D eigenvalue weighted by atomic mass is 16.3. The Labute approximate surface area is 113 Å². The smallest absolute Gasteiger partial charge is 0.119 e. The van der Waals surface area contributed by atoms with Gasteiger partial charge in [0, 0.05) is 6.20 Å². The van der Waals surface area contributed by atoms with Crippen molar-refractivity contribution < 1.29 is 5.11 Å². The van der Waals surface area contributed by atoms with E-state index in [-0.39, 0.29) is 0 Å². The van der Waals surface area contributed by atoms with Crippen LogP contribution in [0.1, 0.15) is 37.5 Å². The third-order valence-electron chi connectivity index (χ3n) is 3.59. The number of aliphatic hydroxyl groups excluding tert-OH is 1. The highest BCUT2D eigenvalue weighted by Crippen LogP contribution is 2.28. The molecule has 0 spiro atoms. The SMILES string of the molecule is OC(C1=CCCCC1)c1ccn(-c2ccccc2)n1. The Morgan fingerprint density at radius 2 is 1.95 bits per heavy atom. The van der Waals surface area contributed by atoms with Crippen molar-refractivity contribution in [2.75, 3.05) is 0 Å². The van der Waals surface area contributed by atoms with Gasteiger partial charge in [-0.2, -0.15) is 5.10 Å². The Hall–Kier alpha value is -1.87. The molecule has 0 radical (unpaired) electrons. The molecule has 19 heavy (non-hydrogen) atoms. The van der Waals surface area contributed by atoms with Crippen LogP contribution in [0.3, 0.4) is 0 Å². The van der Waals surface area contributed by atoms with Crippen LogP contribution in [0.15, 0.2) is 54.2 Å². The van der Waals surface area contributed by atoms with E-state index >= 15 is 0 Å². The van der Waals surface area contributed by atoms with Crippen molar-refractivity contribution in [1.82, 2.24) is 9.78 Å². The lowest BCUT2D eigenvalue weighted by Crippen LogP contribution is -2.06. The van der Waals surface area contributed by atoms with E-state index < -0.39 is 6.10 Å². The predicted molar refractivity (Wildman–Crippen MR) is 75.1 cm³/mol. The summed E-state index contributed by atoms with van der Waals surface area (Å²) in [6, 6.07) is 11.8. The molecule has 1 heterocycles. The maximum atomic E-state index is 10.4. The molecular weight excluding hydrogens is 236 g/mol. The topological polar surface area (TPSA) is 38.0 Å². The van der Waals surface area contributed by atoms with Crippen molar-refractivity contribution in [2.45, 2.75) is 31.8 Å². The van der Waals surface area contributed by atoms with Gasteiger partial charge in [-0.05, 0) is 49.5 Å². The van der Waals surface area contributed by atoms with E-state index in [1.807, 2.05) is 47.3 Å². The van der Waals surface area contributed by atoms with Crippen LogP contribution in [0.5, 0.6) is 0 Å². The summed E-state index contributed by atoms with van der Waals surface area (Å²) >= 11 is 0. The monoisotopic (exact) mass is 254 g/mol. The molecule has 0 saturated heterocycles. The summed E-state index contributed by atoms with van der Waals surface area (Å²) in [6.07, 6.45) is 7.97. The zero-order valence-corrected chi connectivity index (χ0v) is 10.9. The minimum absolute atomic E-state index is 0.551. The summed E-state index contributed by atoms with van der Waals surface area (Å²) in [5, 5.41) is 14.8. The first kappa shape index (κ1) is 12.2. The Morgan fingerprint density at radius 3 is 2.68 bits per heavy atom. The van der Waals surface area contributed by atoms with Gasteiger partial charge in [-0.15, -0.1) is 0 Å². The molecule has 0 aliphatic heterocycles. The van der Waals surface area contributed by atoms with Gasteiger partial charge in [-0.3, -0.25) is 0 Å². The maximum absolute atomic E-state index is 10.4. The van der Waals surface area contributed by atoms with Crippen molar-refractivity contribution in [3.05, 3.63) is 59.9 Å². The summed E-state index contributed by atoms with van der Waals surface area (Å²) in [5.74, 6) is 0. The lowest BCUT2D eigenvalue weighted by molar-refractivity contribution is 0.203. The van der Waals surface area contributed by atoms with Crippen LogP contribution in [0.25, 0.3) is 5.69 Å². The Bertz CT molecular complexity index is 571. The van der Waals surface area contributed by atoms with Crippen LogP contribution in [-0.4, -0.2) is 14.9 Å². The minimum atomic E-state index is -0.551. The molecule has 1 aromatic heterocycles. The number of nitrogens with zero attached hydrogens (tertiary/aromatic N) is 2. The fourth-order valence-corrected chi connectivity index (χ4v) is 2.51. The number of hydrogen-bond donors (Lipinski definition) is 1. The second kappa shape index (κ2) is 5.41. The van der Waals surface area contributed by atoms with Crippen molar-refractivity contribution in [3.8, 4) is 5.69 Å². The van der Waals surface area contributed by atoms with Crippen molar-refractivity contribution in [2.24, 2.45) is 0 Å². The molecular formula is C16H18N2O. The molecule has 1 aromatic carbocycles. The van der Waals surface area contributed by atoms with Crippen LogP contribution in [-0.2, 0) is 0 Å². The summed E-state index contributed by atoms with van der Waals surface area (Å²) < 4.78 is 1.81. The molecule has 0 fully saturated rings. The van der Waals surface area contributed by atoms with Gasteiger partial charge >= 0.3 is 0 Å². The van der Waals surface area contributed by atoms with Crippen LogP contribution in [0, 0.1) is 0 Å². The third kappa shape index (κ3) is 2.61. The number of aliphatic hydroxyl groups is 1. The van der Waals surface area contributed by atoms with E-state index in [1.54, 1.807) is 0 Å². The normalized spacial score (nSPS) is 17.0. The first-order chi connectivity index (χ1) is 9.34. The average molecular weight is 254 g/mol. The molecule has 1 N–H and O–H groups in total. The van der Waals surface area contributed by atoms with E-state index in [4.69, 9.17) is 0 Å². The molecule has 3 nitrogen and oxygen atoms in total. The van der Waals surface area contributed by atoms with Gasteiger partial charge in [0.15, 0.2) is 0 Å². The molecule has 0 amide bonds. The van der Waals surface area contributed by atoms with Gasteiger partial charge in [0.25, 0.3) is 0 Å². The fraction of sp³-hybridized carbons (Fsp3) is 0.312. The summed E-state index contributed by atoms with van der Waals surface area (Å²) in [4.78, 5) is 0. The molecule has 3 rings (SSSR count). The molecule has 3 heteroatoms. The van der Waals surface area contributed by atoms with Gasteiger partial charge in [-0.25, -0.2) is 4.68 Å². The predicted octanol–water partition coefficient (Wildman–Crippen LogP) is 3.41. The van der Waals surface area contributed by atoms with E-state index in [0.29, 0.717) is 0 Å². The van der Waals surface area contributed by atoms with Crippen LogP contribution in [0.4, 0.5) is 0 Å². The van der Waals surface area contributed by atoms with Crippen LogP contribution < -0.4 is 0 Å². The maximum Gasteiger partial charge on any atom is 0.119 e. The highest BCUT2D eigenvalue weighted by Gasteiger charge is 2.17. The lowest BCUT2D eigenvalue weighted by Gasteiger charge is -2.16. The molecule has 2 aromatic rings. The first-order valence-corrected chi connectivity index (χ1v) is 6.82. The van der Waals surface area contributed by atoms with E-state index in [1.165, 1.54) is 12.8 Å². The van der Waals surface area contributed by atoms with E-state index in [9.17, 15) is 5.11 Å². The average Bonchev–Trinajstić information content (AvgIpc) is 2.98. The second-order valence-corrected chi connectivity index (χ2v) is 4.95. The van der Waals surface area contributed by atoms with Gasteiger partial charge in [0.05, 0.1) is 11.4 Å². The standard InChI is InChI=1S/C16H18N2O/c19-16(13-7-3-1-4-8-13)15-11-12-18(17-15)14-9-5-2-6-10-14/h2,5-7,9-12,16,19H,1,3-4,8H2. The van der Waals surface area contributed by atoms with Gasteiger partial charge < -0.3 is 5.11 Å². The van der Waals surface area contributed by atoms with E-state index in [2.05, 4.69) is 11.2 Å².